The highest BCUT2D eigenvalue weighted by Gasteiger charge is 2.28. The van der Waals surface area contributed by atoms with Crippen molar-refractivity contribution in [1.29, 1.82) is 0 Å². The first-order chi connectivity index (χ1) is 21.4. The first-order valence-electron chi connectivity index (χ1n) is 14.2. The molecule has 0 N–H and O–H groups in total. The van der Waals surface area contributed by atoms with Gasteiger partial charge in [0.05, 0.1) is 40.7 Å². The Morgan fingerprint density at radius 2 is 1.52 bits per heavy atom. The number of fused-ring (bicyclic) bond motifs is 1. The Balaban J connectivity index is 1.10. The van der Waals surface area contributed by atoms with E-state index in [1.165, 1.54) is 0 Å². The number of allylic oxidation sites excluding steroid dienone is 2. The van der Waals surface area contributed by atoms with Crippen LogP contribution < -0.4 is 14.2 Å². The van der Waals surface area contributed by atoms with Crippen LogP contribution in [0.1, 0.15) is 44.7 Å². The number of carbonyl (C=O) groups excluding carboxylic acids is 3. The van der Waals surface area contributed by atoms with Gasteiger partial charge in [0.1, 0.15) is 17.2 Å². The highest BCUT2D eigenvalue weighted by Crippen LogP contribution is 2.34. The molecule has 0 amide bonds. The van der Waals surface area contributed by atoms with Crippen molar-refractivity contribution < 1.29 is 33.3 Å². The molecule has 3 aromatic rings. The van der Waals surface area contributed by atoms with Gasteiger partial charge < -0.3 is 18.9 Å². The summed E-state index contributed by atoms with van der Waals surface area (Å²) in [6.45, 7) is 5.86. The summed E-state index contributed by atoms with van der Waals surface area (Å²) in [6, 6.07) is 18.9. The normalized spacial score (nSPS) is 16.4. The molecule has 0 saturated carbocycles. The van der Waals surface area contributed by atoms with Gasteiger partial charge in [-0.25, -0.2) is 14.4 Å². The molecule has 0 radical (unpaired) electrons. The van der Waals surface area contributed by atoms with Gasteiger partial charge in [0.2, 0.25) is 0 Å². The maximum Gasteiger partial charge on any atom is 0.343 e. The molecule has 1 aliphatic carbocycles. The molecule has 5 rings (SSSR count). The van der Waals surface area contributed by atoms with Crippen LogP contribution >= 0.6 is 11.8 Å². The Kier molecular flexibility index (Phi) is 10.1. The standard InChI is InChI=1S/C35H31NO7S/c1-3-32(37)41-21-7-6-20-40-27-15-12-25(13-16-27)34(38)43-30-19-14-26(22-23(30)2)35(39)42-28-17-10-24(11-18-28)33-36-29-8-4-5-9-31(29)44-33/h3-5,8-19,22,29,31H,1,6-7,20-21H2,2H3. The van der Waals surface area contributed by atoms with E-state index < -0.39 is 17.9 Å². The fourth-order valence-electron chi connectivity index (χ4n) is 4.43. The molecule has 9 heteroatoms. The van der Waals surface area contributed by atoms with Gasteiger partial charge in [-0.15, -0.1) is 0 Å². The van der Waals surface area contributed by atoms with E-state index in [-0.39, 0.29) is 6.04 Å². The summed E-state index contributed by atoms with van der Waals surface area (Å²) in [4.78, 5) is 41.4. The molecule has 3 aromatic carbocycles. The van der Waals surface area contributed by atoms with Gasteiger partial charge in [0.15, 0.2) is 0 Å². The van der Waals surface area contributed by atoms with Crippen LogP contribution in [0.3, 0.4) is 0 Å². The molecule has 2 atom stereocenters. The number of rotatable bonds is 12. The molecule has 0 aromatic heterocycles. The van der Waals surface area contributed by atoms with Crippen LogP contribution in [-0.4, -0.2) is 47.5 Å². The van der Waals surface area contributed by atoms with Gasteiger partial charge in [0, 0.05) is 11.6 Å². The SMILES string of the molecule is C=CC(=O)OCCCCOc1ccc(C(=O)Oc2ccc(C(=O)Oc3ccc(C4=NC5C=CC=CC5S4)cc3)cc2C)cc1. The Hall–Kier alpha value is -4.89. The highest BCUT2D eigenvalue weighted by molar-refractivity contribution is 8.15. The van der Waals surface area contributed by atoms with Crippen LogP contribution in [0.4, 0.5) is 0 Å². The number of unbranched alkanes of at least 4 members (excludes halogenated alkanes) is 1. The lowest BCUT2D eigenvalue weighted by Crippen LogP contribution is -2.13. The summed E-state index contributed by atoms with van der Waals surface area (Å²) in [7, 11) is 0. The van der Waals surface area contributed by atoms with Crippen LogP contribution in [0.25, 0.3) is 0 Å². The molecule has 2 aliphatic rings. The third-order valence-corrected chi connectivity index (χ3v) is 8.08. The van der Waals surface area contributed by atoms with Gasteiger partial charge in [-0.3, -0.25) is 4.99 Å². The largest absolute Gasteiger partial charge is 0.494 e. The molecule has 44 heavy (non-hydrogen) atoms. The minimum Gasteiger partial charge on any atom is -0.494 e. The molecule has 2 unspecified atom stereocenters. The fraction of sp³-hybridized carbons (Fsp3) is 0.200. The number of nitrogens with zero attached hydrogens (tertiary/aromatic N) is 1. The van der Waals surface area contributed by atoms with E-state index in [2.05, 4.69) is 18.7 Å². The van der Waals surface area contributed by atoms with Crippen LogP contribution in [0.15, 0.2) is 109 Å². The van der Waals surface area contributed by atoms with Crippen molar-refractivity contribution in [2.45, 2.75) is 31.1 Å². The summed E-state index contributed by atoms with van der Waals surface area (Å²) < 4.78 is 21.7. The number of ether oxygens (including phenoxy) is 4. The van der Waals surface area contributed by atoms with Gasteiger partial charge in [0.25, 0.3) is 0 Å². The van der Waals surface area contributed by atoms with Crippen LogP contribution in [0.5, 0.6) is 17.2 Å². The summed E-state index contributed by atoms with van der Waals surface area (Å²) in [5.74, 6) is -0.113. The van der Waals surface area contributed by atoms with E-state index in [0.717, 1.165) is 16.7 Å². The van der Waals surface area contributed by atoms with Gasteiger partial charge >= 0.3 is 17.9 Å². The predicted octanol–water partition coefficient (Wildman–Crippen LogP) is 6.68. The zero-order chi connectivity index (χ0) is 30.9. The molecule has 0 spiro atoms. The molecular weight excluding hydrogens is 578 g/mol. The number of thioether (sulfide) groups is 1. The number of aryl methyl sites for hydroxylation is 1. The molecule has 0 bridgehead atoms. The van der Waals surface area contributed by atoms with Crippen molar-refractivity contribution in [2.75, 3.05) is 13.2 Å². The maximum atomic E-state index is 12.8. The summed E-state index contributed by atoms with van der Waals surface area (Å²) in [6.07, 6.45) is 10.8. The fourth-order valence-corrected chi connectivity index (χ4v) is 5.60. The van der Waals surface area contributed by atoms with Crippen LogP contribution in [-0.2, 0) is 9.53 Å². The predicted molar refractivity (Wildman–Crippen MR) is 170 cm³/mol. The second-order valence-corrected chi connectivity index (χ2v) is 11.2. The summed E-state index contributed by atoms with van der Waals surface area (Å²) in [5.41, 5.74) is 2.29. The zero-order valence-corrected chi connectivity index (χ0v) is 25.0. The first kappa shape index (κ1) is 30.6. The lowest BCUT2D eigenvalue weighted by molar-refractivity contribution is -0.137. The second kappa shape index (κ2) is 14.5. The Labute approximate surface area is 260 Å². The van der Waals surface area contributed by atoms with E-state index in [9.17, 15) is 14.4 Å². The monoisotopic (exact) mass is 609 g/mol. The van der Waals surface area contributed by atoms with E-state index in [4.69, 9.17) is 23.9 Å². The Morgan fingerprint density at radius 3 is 2.25 bits per heavy atom. The van der Waals surface area contributed by atoms with Gasteiger partial charge in [-0.1, -0.05) is 42.6 Å². The maximum absolute atomic E-state index is 12.8. The molecule has 1 heterocycles. The lowest BCUT2D eigenvalue weighted by atomic mass is 10.1. The summed E-state index contributed by atoms with van der Waals surface area (Å²) >= 11 is 1.73. The zero-order valence-electron chi connectivity index (χ0n) is 24.1. The number of carbonyl (C=O) groups is 3. The molecule has 0 fully saturated rings. The third-order valence-electron chi connectivity index (χ3n) is 6.80. The van der Waals surface area contributed by atoms with Crippen molar-refractivity contribution in [3.8, 4) is 17.2 Å². The second-order valence-electron chi connectivity index (χ2n) is 10.0. The molecule has 224 valence electrons. The van der Waals surface area contributed by atoms with Gasteiger partial charge in [-0.05, 0) is 92.1 Å². The van der Waals surface area contributed by atoms with Crippen molar-refractivity contribution in [1.82, 2.24) is 0 Å². The average molecular weight is 610 g/mol. The number of aliphatic imine (C=N–C) groups is 1. The average Bonchev–Trinajstić information content (AvgIpc) is 3.48. The first-order valence-corrected chi connectivity index (χ1v) is 15.0. The lowest BCUT2D eigenvalue weighted by Gasteiger charge is -2.11. The van der Waals surface area contributed by atoms with E-state index in [0.29, 0.717) is 65.2 Å². The minimum absolute atomic E-state index is 0.161. The quantitative estimate of drug-likeness (QED) is 0.0971. The molecular formula is C35H31NO7S. The Bertz CT molecular complexity index is 1620. The van der Waals surface area contributed by atoms with Crippen LogP contribution in [0, 0.1) is 6.92 Å². The topological polar surface area (TPSA) is 100 Å². The van der Waals surface area contributed by atoms with Crippen molar-refractivity contribution in [2.24, 2.45) is 4.99 Å². The smallest absolute Gasteiger partial charge is 0.343 e. The number of benzene rings is 3. The molecule has 8 nitrogen and oxygen atoms in total. The highest BCUT2D eigenvalue weighted by atomic mass is 32.2. The van der Waals surface area contributed by atoms with E-state index in [1.807, 2.05) is 24.3 Å². The molecule has 1 aliphatic heterocycles. The van der Waals surface area contributed by atoms with E-state index >= 15 is 0 Å². The van der Waals surface area contributed by atoms with Crippen molar-refractivity contribution in [3.05, 3.63) is 126 Å². The minimum atomic E-state index is -0.532. The number of hydrogen-bond donors (Lipinski definition) is 0. The van der Waals surface area contributed by atoms with Gasteiger partial charge in [-0.2, -0.15) is 0 Å². The van der Waals surface area contributed by atoms with E-state index in [1.54, 1.807) is 73.3 Å². The van der Waals surface area contributed by atoms with Crippen molar-refractivity contribution in [3.63, 3.8) is 0 Å². The third kappa shape index (κ3) is 7.93. The number of esters is 3. The van der Waals surface area contributed by atoms with Crippen molar-refractivity contribution >= 4 is 34.7 Å². The van der Waals surface area contributed by atoms with Crippen LogP contribution in [0.2, 0.25) is 0 Å². The Morgan fingerprint density at radius 1 is 0.841 bits per heavy atom. The number of hydrogen-bond acceptors (Lipinski definition) is 9. The summed E-state index contributed by atoms with van der Waals surface area (Å²) in [5, 5.41) is 1.29. The molecule has 0 saturated heterocycles.